The molecule has 7 heterocycles. The number of aromatic amines is 1. The first kappa shape index (κ1) is 56.1. The van der Waals surface area contributed by atoms with Crippen molar-refractivity contribution in [3.8, 4) is 45.3 Å². The molecular formula is C58H59ClF4N12O7. The van der Waals surface area contributed by atoms with E-state index < -0.39 is 65.8 Å². The molecule has 0 radical (unpaired) electrons. The van der Waals surface area contributed by atoms with Gasteiger partial charge >= 0.3 is 12.2 Å². The molecule has 19 nitrogen and oxygen atoms in total. The fourth-order valence-electron chi connectivity index (χ4n) is 11.3. The van der Waals surface area contributed by atoms with Crippen molar-refractivity contribution in [3.05, 3.63) is 125 Å². The van der Waals surface area contributed by atoms with Crippen LogP contribution >= 0.6 is 11.6 Å². The molecule has 2 amide bonds. The van der Waals surface area contributed by atoms with E-state index in [1.807, 2.05) is 24.8 Å². The highest BCUT2D eigenvalue weighted by molar-refractivity contribution is 6.32. The molecule has 0 aliphatic carbocycles. The fraction of sp³-hybridized carbons (Fsp3) is 0.379. The summed E-state index contributed by atoms with van der Waals surface area (Å²) in [6.45, 7) is 7.13. The number of aliphatic hydroxyl groups excluding tert-OH is 2. The number of piperazine rings is 1. The number of likely N-dealkylation sites (tertiary alicyclic amines) is 1. The van der Waals surface area contributed by atoms with Crippen molar-refractivity contribution in [2.24, 2.45) is 5.92 Å². The number of hydrogen-bond acceptors (Lipinski definition) is 15. The highest BCUT2D eigenvalue weighted by Gasteiger charge is 2.45. The lowest BCUT2D eigenvalue weighted by Crippen LogP contribution is -2.50. The predicted octanol–water partition coefficient (Wildman–Crippen LogP) is 8.17. The number of amides is 2. The second-order valence-electron chi connectivity index (χ2n) is 21.4. The topological polar surface area (TPSA) is 231 Å². The Labute approximate surface area is 473 Å². The van der Waals surface area contributed by atoms with Gasteiger partial charge in [0.25, 0.3) is 0 Å². The summed E-state index contributed by atoms with van der Waals surface area (Å²) in [7, 11) is 1.52. The lowest BCUT2D eigenvalue weighted by molar-refractivity contribution is -0.142. The predicted molar refractivity (Wildman–Crippen MR) is 296 cm³/mol. The summed E-state index contributed by atoms with van der Waals surface area (Å²) in [5.74, 6) is -2.18. The number of nitrogens with zero attached hydrogens (tertiary/aromatic N) is 9. The normalized spacial score (nSPS) is 19.1. The quantitative estimate of drug-likeness (QED) is 0.0403. The van der Waals surface area contributed by atoms with Crippen LogP contribution in [-0.2, 0) is 27.1 Å². The van der Waals surface area contributed by atoms with Gasteiger partial charge in [-0.2, -0.15) is 28.2 Å². The molecule has 0 unspecified atom stereocenters. The number of hydrogen-bond donors (Lipinski definition) is 5. The SMILES string of the molecule is CO[C@@H](C)COc1nc(N2C[C@@H]3C[C@H]2CN3)c2cc(C(F)(F)F)c(-c3c(C)c(F)cc4[nH]ncc34)c(OCc3ccc(-c4cn([C@H](C(=O)N5C[C@H](O)C[C@H]5C(=O)N[C@@H](CO)c5ccc(-c6cccnc6Cl)cc5)C(C)C)nn4)cc3)c2n1. The molecule has 3 saturated heterocycles. The number of ether oxygens (including phenoxy) is 3. The molecule has 3 aliphatic heterocycles. The van der Waals surface area contributed by atoms with Crippen molar-refractivity contribution < 1.29 is 51.6 Å². The minimum Gasteiger partial charge on any atom is -0.486 e. The van der Waals surface area contributed by atoms with Crippen LogP contribution < -0.4 is 25.0 Å². The number of nitrogens with one attached hydrogen (secondary N) is 3. The van der Waals surface area contributed by atoms with Gasteiger partial charge < -0.3 is 44.9 Å². The largest absolute Gasteiger partial charge is 0.486 e. The Kier molecular flexibility index (Phi) is 15.6. The average Bonchev–Trinajstić information content (AvgIpc) is 4.51. The van der Waals surface area contributed by atoms with Crippen LogP contribution in [0, 0.1) is 18.7 Å². The van der Waals surface area contributed by atoms with Crippen LogP contribution in [0.5, 0.6) is 11.8 Å². The van der Waals surface area contributed by atoms with E-state index in [2.05, 4.69) is 36.1 Å². The summed E-state index contributed by atoms with van der Waals surface area (Å²) in [5, 5.41) is 43.8. The van der Waals surface area contributed by atoms with Gasteiger partial charge in [-0.25, -0.2) is 14.1 Å². The monoisotopic (exact) mass is 1150 g/mol. The Hall–Kier alpha value is -7.83. The number of pyridine rings is 1. The molecule has 24 heteroatoms. The summed E-state index contributed by atoms with van der Waals surface area (Å²) < 4.78 is 83.0. The van der Waals surface area contributed by atoms with E-state index in [1.54, 1.807) is 73.9 Å². The van der Waals surface area contributed by atoms with Crippen LogP contribution in [-0.4, -0.2) is 137 Å². The molecule has 11 rings (SSSR count). The van der Waals surface area contributed by atoms with E-state index in [0.29, 0.717) is 40.6 Å². The Bertz CT molecular complexity index is 3680. The minimum atomic E-state index is -4.98. The number of rotatable bonds is 18. The van der Waals surface area contributed by atoms with Gasteiger partial charge in [0.1, 0.15) is 53.3 Å². The molecular weight excluding hydrogens is 1090 g/mol. The van der Waals surface area contributed by atoms with E-state index in [9.17, 15) is 19.8 Å². The molecule has 82 heavy (non-hydrogen) atoms. The van der Waals surface area contributed by atoms with E-state index >= 15 is 17.6 Å². The van der Waals surface area contributed by atoms with Crippen LogP contribution in [0.4, 0.5) is 23.4 Å². The van der Waals surface area contributed by atoms with Gasteiger partial charge in [-0.3, -0.25) is 14.7 Å². The van der Waals surface area contributed by atoms with Crippen LogP contribution in [0.25, 0.3) is 55.3 Å². The number of H-pyrrole nitrogens is 1. The van der Waals surface area contributed by atoms with Crippen molar-refractivity contribution in [1.82, 2.24) is 55.7 Å². The first-order valence-corrected chi connectivity index (χ1v) is 27.2. The van der Waals surface area contributed by atoms with Crippen molar-refractivity contribution in [1.29, 1.82) is 0 Å². The Morgan fingerprint density at radius 1 is 0.963 bits per heavy atom. The lowest BCUT2D eigenvalue weighted by Gasteiger charge is -2.30. The highest BCUT2D eigenvalue weighted by Crippen LogP contribution is 2.51. The van der Waals surface area contributed by atoms with Crippen LogP contribution in [0.15, 0.2) is 91.4 Å². The second kappa shape index (κ2) is 22.8. The maximum absolute atomic E-state index is 15.9. The van der Waals surface area contributed by atoms with Crippen molar-refractivity contribution in [2.75, 3.05) is 44.9 Å². The maximum atomic E-state index is 15.9. The zero-order chi connectivity index (χ0) is 57.7. The smallest absolute Gasteiger partial charge is 0.417 e. The zero-order valence-corrected chi connectivity index (χ0v) is 46.0. The van der Waals surface area contributed by atoms with E-state index in [1.165, 1.54) is 35.9 Å². The van der Waals surface area contributed by atoms with Crippen molar-refractivity contribution in [2.45, 2.75) is 95.7 Å². The number of β-amino-alcohol motifs (C(OH)–C–C–N with tert-alkyl or cyclic N) is 1. The summed E-state index contributed by atoms with van der Waals surface area (Å²) in [6.07, 6.45) is -1.09. The number of alkyl halides is 3. The fourth-order valence-corrected chi connectivity index (χ4v) is 11.5. The highest BCUT2D eigenvalue weighted by atomic mass is 35.5. The number of fused-ring (bicyclic) bond motifs is 4. The van der Waals surface area contributed by atoms with Gasteiger partial charge in [0, 0.05) is 84.5 Å². The Morgan fingerprint density at radius 2 is 1.73 bits per heavy atom. The molecule has 8 aromatic rings. The van der Waals surface area contributed by atoms with Crippen LogP contribution in [0.3, 0.4) is 0 Å². The second-order valence-corrected chi connectivity index (χ2v) is 21.8. The summed E-state index contributed by atoms with van der Waals surface area (Å²) >= 11 is 6.30. The molecule has 2 bridgehead atoms. The standard InChI is InChI=1S/C58H59ClF4N12O7/c1-29(2)51(56(79)74-24-38(77)18-47(74)55(78)67-46(26-76)35-14-12-33(13-15-35)39-7-6-16-64-53(39)59)75-25-45(71-72-75)34-10-8-32(9-11-34)28-81-52-49(48-31(4)43(60)20-44-41(48)22-66-70-44)42(58(61,62)63)19-40-50(52)68-57(82-27-30(3)80-5)69-54(40)73-23-36-17-37(73)21-65-36/h6-16,19-20,22,25,29-30,36-38,46-47,51,65,76-77H,17-18,21,23-24,26-28H2,1-5H3,(H,66,70)(H,67,78)/t30-,36-,37-,38+,46-,47-,51-/m0/s1. The lowest BCUT2D eigenvalue weighted by atomic mass is 9.90. The molecule has 5 N–H and O–H groups in total. The first-order valence-electron chi connectivity index (χ1n) is 26.9. The molecule has 0 saturated carbocycles. The third-order valence-corrected chi connectivity index (χ3v) is 15.9. The van der Waals surface area contributed by atoms with Crippen LogP contribution in [0.2, 0.25) is 5.15 Å². The molecule has 4 aromatic carbocycles. The maximum Gasteiger partial charge on any atom is 0.417 e. The van der Waals surface area contributed by atoms with E-state index in [4.69, 9.17) is 35.8 Å². The van der Waals surface area contributed by atoms with Crippen LogP contribution in [0.1, 0.15) is 68.0 Å². The molecule has 3 fully saturated rings. The summed E-state index contributed by atoms with van der Waals surface area (Å²) in [5.41, 5.74) is 2.14. The Balaban J connectivity index is 0.878. The number of carbonyl (C=O) groups excluding carboxylic acids is 2. The molecule has 0 spiro atoms. The number of benzene rings is 4. The minimum absolute atomic E-state index is 0.0195. The third kappa shape index (κ3) is 10.9. The van der Waals surface area contributed by atoms with Crippen molar-refractivity contribution >= 4 is 51.0 Å². The summed E-state index contributed by atoms with van der Waals surface area (Å²) in [4.78, 5) is 45.5. The van der Waals surface area contributed by atoms with Gasteiger partial charge in [0.2, 0.25) is 11.8 Å². The molecule has 4 aromatic heterocycles. The zero-order valence-electron chi connectivity index (χ0n) is 45.3. The van der Waals surface area contributed by atoms with Gasteiger partial charge in [0.05, 0.1) is 48.3 Å². The third-order valence-electron chi connectivity index (χ3n) is 15.6. The number of methoxy groups -OCH3 is 1. The summed E-state index contributed by atoms with van der Waals surface area (Å²) in [6, 6.07) is 16.9. The molecule has 428 valence electrons. The molecule has 7 atom stereocenters. The van der Waals surface area contributed by atoms with Gasteiger partial charge in [-0.1, -0.05) is 79.2 Å². The number of halogens is 5. The number of aliphatic hydroxyl groups is 2. The van der Waals surface area contributed by atoms with E-state index in [-0.39, 0.29) is 101 Å². The average molecular weight is 1150 g/mol. The van der Waals surface area contributed by atoms with Gasteiger partial charge in [-0.05, 0) is 72.7 Å². The van der Waals surface area contributed by atoms with Crippen molar-refractivity contribution in [3.63, 3.8) is 0 Å². The van der Waals surface area contributed by atoms with Gasteiger partial charge in [0.15, 0.2) is 5.75 Å². The number of anilines is 1. The number of aromatic nitrogens is 8. The van der Waals surface area contributed by atoms with E-state index in [0.717, 1.165) is 23.6 Å². The van der Waals surface area contributed by atoms with Gasteiger partial charge in [-0.15, -0.1) is 5.10 Å². The first-order chi connectivity index (χ1) is 39.4. The molecule has 3 aliphatic rings. The Morgan fingerprint density at radius 3 is 2.41 bits per heavy atom. The number of carbonyl (C=O) groups is 2.